The van der Waals surface area contributed by atoms with Gasteiger partial charge in [0.25, 0.3) is 0 Å². The third-order valence-corrected chi connectivity index (χ3v) is 2.40. The SMILES string of the molecule is C[C@@H](Cl)C=CCC1CCCC1=O. The van der Waals surface area contributed by atoms with E-state index < -0.39 is 0 Å². The van der Waals surface area contributed by atoms with E-state index in [0.717, 1.165) is 25.7 Å². The highest BCUT2D eigenvalue weighted by Gasteiger charge is 2.22. The van der Waals surface area contributed by atoms with Crippen LogP contribution in [0.4, 0.5) is 0 Å². The lowest BCUT2D eigenvalue weighted by molar-refractivity contribution is -0.120. The number of allylic oxidation sites excluding steroid dienone is 2. The predicted octanol–water partition coefficient (Wildman–Crippen LogP) is 2.93. The van der Waals surface area contributed by atoms with Gasteiger partial charge >= 0.3 is 0 Å². The van der Waals surface area contributed by atoms with Crippen molar-refractivity contribution in [2.45, 2.75) is 38.0 Å². The van der Waals surface area contributed by atoms with E-state index in [-0.39, 0.29) is 11.3 Å². The molecule has 2 atom stereocenters. The second-order valence-corrected chi connectivity index (χ2v) is 4.09. The lowest BCUT2D eigenvalue weighted by Crippen LogP contribution is -2.04. The zero-order valence-electron chi connectivity index (χ0n) is 7.42. The molecule has 2 heteroatoms. The zero-order chi connectivity index (χ0) is 8.97. The highest BCUT2D eigenvalue weighted by molar-refractivity contribution is 6.21. The second-order valence-electron chi connectivity index (χ2n) is 3.40. The number of hydrogen-bond donors (Lipinski definition) is 0. The predicted molar refractivity (Wildman–Crippen MR) is 51.4 cm³/mol. The van der Waals surface area contributed by atoms with Gasteiger partial charge in [0.05, 0.1) is 0 Å². The molecule has 0 aromatic rings. The maximum Gasteiger partial charge on any atom is 0.136 e. The number of halogens is 1. The van der Waals surface area contributed by atoms with E-state index in [1.165, 1.54) is 0 Å². The molecular formula is C10H15ClO. The summed E-state index contributed by atoms with van der Waals surface area (Å²) in [6.07, 6.45) is 7.80. The van der Waals surface area contributed by atoms with Crippen LogP contribution in [0.25, 0.3) is 0 Å². The number of carbonyl (C=O) groups is 1. The molecule has 0 amide bonds. The maximum absolute atomic E-state index is 11.2. The van der Waals surface area contributed by atoms with Gasteiger partial charge in [-0.1, -0.05) is 12.2 Å². The summed E-state index contributed by atoms with van der Waals surface area (Å²) >= 11 is 5.73. The van der Waals surface area contributed by atoms with E-state index >= 15 is 0 Å². The Balaban J connectivity index is 2.27. The van der Waals surface area contributed by atoms with Crippen LogP contribution in [-0.2, 0) is 4.79 Å². The lowest BCUT2D eigenvalue weighted by atomic mass is 10.0. The van der Waals surface area contributed by atoms with E-state index in [1.54, 1.807) is 0 Å². The van der Waals surface area contributed by atoms with Gasteiger partial charge in [-0.15, -0.1) is 11.6 Å². The normalized spacial score (nSPS) is 26.8. The molecule has 68 valence electrons. The molecule has 1 aliphatic rings. The summed E-state index contributed by atoms with van der Waals surface area (Å²) in [5.41, 5.74) is 0. The quantitative estimate of drug-likeness (QED) is 0.489. The van der Waals surface area contributed by atoms with E-state index in [4.69, 9.17) is 11.6 Å². The molecule has 1 aliphatic carbocycles. The van der Waals surface area contributed by atoms with E-state index in [0.29, 0.717) is 5.78 Å². The second kappa shape index (κ2) is 4.66. The molecule has 0 bridgehead atoms. The van der Waals surface area contributed by atoms with Gasteiger partial charge in [0.2, 0.25) is 0 Å². The highest BCUT2D eigenvalue weighted by Crippen LogP contribution is 2.24. The van der Waals surface area contributed by atoms with Gasteiger partial charge in [0.1, 0.15) is 5.78 Å². The van der Waals surface area contributed by atoms with E-state index in [9.17, 15) is 4.79 Å². The summed E-state index contributed by atoms with van der Waals surface area (Å²) in [6.45, 7) is 1.93. The highest BCUT2D eigenvalue weighted by atomic mass is 35.5. The van der Waals surface area contributed by atoms with Gasteiger partial charge in [0, 0.05) is 17.7 Å². The third kappa shape index (κ3) is 2.98. The molecule has 12 heavy (non-hydrogen) atoms. The molecule has 1 saturated carbocycles. The molecule has 0 aromatic carbocycles. The summed E-state index contributed by atoms with van der Waals surface area (Å²) in [4.78, 5) is 11.2. The number of alkyl halides is 1. The fourth-order valence-corrected chi connectivity index (χ4v) is 1.67. The summed E-state index contributed by atoms with van der Waals surface area (Å²) in [5.74, 6) is 0.721. The van der Waals surface area contributed by atoms with Crippen LogP contribution in [0, 0.1) is 5.92 Å². The van der Waals surface area contributed by atoms with Crippen LogP contribution in [0.1, 0.15) is 32.6 Å². The third-order valence-electron chi connectivity index (χ3n) is 2.25. The monoisotopic (exact) mass is 186 g/mol. The first-order valence-electron chi connectivity index (χ1n) is 4.53. The standard InChI is InChI=1S/C10H15ClO/c1-8(11)4-2-5-9-6-3-7-10(9)12/h2,4,8-9H,3,5-7H2,1H3/t8-,9?/m1/s1. The van der Waals surface area contributed by atoms with Crippen molar-refractivity contribution < 1.29 is 4.79 Å². The van der Waals surface area contributed by atoms with Crippen molar-refractivity contribution in [3.63, 3.8) is 0 Å². The molecular weight excluding hydrogens is 172 g/mol. The van der Waals surface area contributed by atoms with Crippen molar-refractivity contribution in [1.29, 1.82) is 0 Å². The Bertz CT molecular complexity index is 184. The van der Waals surface area contributed by atoms with Crippen LogP contribution >= 0.6 is 11.6 Å². The van der Waals surface area contributed by atoms with Crippen molar-refractivity contribution >= 4 is 17.4 Å². The van der Waals surface area contributed by atoms with Crippen LogP contribution < -0.4 is 0 Å². The topological polar surface area (TPSA) is 17.1 Å². The molecule has 0 N–H and O–H groups in total. The number of ketones is 1. The van der Waals surface area contributed by atoms with Crippen molar-refractivity contribution in [2.24, 2.45) is 5.92 Å². The van der Waals surface area contributed by atoms with Crippen molar-refractivity contribution in [3.05, 3.63) is 12.2 Å². The molecule has 1 fully saturated rings. The largest absolute Gasteiger partial charge is 0.299 e. The molecule has 0 aliphatic heterocycles. The van der Waals surface area contributed by atoms with Crippen molar-refractivity contribution in [2.75, 3.05) is 0 Å². The summed E-state index contributed by atoms with van der Waals surface area (Å²) in [6, 6.07) is 0. The van der Waals surface area contributed by atoms with Crippen LogP contribution in [0.3, 0.4) is 0 Å². The minimum absolute atomic E-state index is 0.0847. The minimum atomic E-state index is 0.0847. The van der Waals surface area contributed by atoms with Crippen molar-refractivity contribution in [1.82, 2.24) is 0 Å². The van der Waals surface area contributed by atoms with Crippen LogP contribution in [0.2, 0.25) is 0 Å². The van der Waals surface area contributed by atoms with Gasteiger partial charge < -0.3 is 0 Å². The molecule has 0 spiro atoms. The fourth-order valence-electron chi connectivity index (χ4n) is 1.57. The molecule has 1 rings (SSSR count). The Kier molecular flexibility index (Phi) is 3.80. The van der Waals surface area contributed by atoms with Crippen LogP contribution in [0.15, 0.2) is 12.2 Å². The number of hydrogen-bond acceptors (Lipinski definition) is 1. The van der Waals surface area contributed by atoms with Gasteiger partial charge in [0.15, 0.2) is 0 Å². The fraction of sp³-hybridized carbons (Fsp3) is 0.700. The first-order chi connectivity index (χ1) is 5.70. The average Bonchev–Trinajstić information content (AvgIpc) is 2.36. The lowest BCUT2D eigenvalue weighted by Gasteiger charge is -2.02. The van der Waals surface area contributed by atoms with Crippen LogP contribution in [0.5, 0.6) is 0 Å². The van der Waals surface area contributed by atoms with Gasteiger partial charge in [-0.05, 0) is 26.2 Å². The Morgan fingerprint density at radius 2 is 2.50 bits per heavy atom. The molecule has 0 aromatic heterocycles. The first-order valence-corrected chi connectivity index (χ1v) is 4.97. The molecule has 1 unspecified atom stereocenters. The first kappa shape index (κ1) is 9.79. The van der Waals surface area contributed by atoms with Crippen LogP contribution in [-0.4, -0.2) is 11.2 Å². The minimum Gasteiger partial charge on any atom is -0.299 e. The van der Waals surface area contributed by atoms with Gasteiger partial charge in [-0.2, -0.15) is 0 Å². The maximum atomic E-state index is 11.2. The molecule has 1 nitrogen and oxygen atoms in total. The van der Waals surface area contributed by atoms with Crippen molar-refractivity contribution in [3.8, 4) is 0 Å². The molecule has 0 radical (unpaired) electrons. The van der Waals surface area contributed by atoms with E-state index in [1.807, 2.05) is 19.1 Å². The Morgan fingerprint density at radius 1 is 1.75 bits per heavy atom. The Morgan fingerprint density at radius 3 is 3.00 bits per heavy atom. The summed E-state index contributed by atoms with van der Waals surface area (Å²) in [7, 11) is 0. The Labute approximate surface area is 78.8 Å². The summed E-state index contributed by atoms with van der Waals surface area (Å²) in [5, 5.41) is 0.0847. The zero-order valence-corrected chi connectivity index (χ0v) is 8.18. The average molecular weight is 187 g/mol. The number of carbonyl (C=O) groups excluding carboxylic acids is 1. The summed E-state index contributed by atoms with van der Waals surface area (Å²) < 4.78 is 0. The molecule has 0 saturated heterocycles. The number of Topliss-reactive ketones (excluding diaryl/α,β-unsaturated/α-hetero) is 1. The molecule has 0 heterocycles. The Hall–Kier alpha value is -0.300. The van der Waals surface area contributed by atoms with Gasteiger partial charge in [-0.25, -0.2) is 0 Å². The number of rotatable bonds is 3. The smallest absolute Gasteiger partial charge is 0.136 e. The van der Waals surface area contributed by atoms with Gasteiger partial charge in [-0.3, -0.25) is 4.79 Å². The van der Waals surface area contributed by atoms with E-state index in [2.05, 4.69) is 0 Å².